The zero-order valence-electron chi connectivity index (χ0n) is 15.6. The van der Waals surface area contributed by atoms with Crippen molar-refractivity contribution in [2.75, 3.05) is 5.32 Å². The van der Waals surface area contributed by atoms with Crippen LogP contribution in [0.5, 0.6) is 0 Å². The molecule has 0 radical (unpaired) electrons. The highest BCUT2D eigenvalue weighted by Gasteiger charge is 2.29. The molecule has 0 unspecified atom stereocenters. The number of aromatic nitrogens is 2. The van der Waals surface area contributed by atoms with Gasteiger partial charge in [0.2, 0.25) is 9.84 Å². The van der Waals surface area contributed by atoms with Crippen LogP contribution >= 0.6 is 0 Å². The lowest BCUT2D eigenvalue weighted by molar-refractivity contribution is -0.387. The van der Waals surface area contributed by atoms with Crippen LogP contribution in [-0.2, 0) is 16.4 Å². The van der Waals surface area contributed by atoms with Gasteiger partial charge in [-0.25, -0.2) is 18.4 Å². The minimum Gasteiger partial charge on any atom is -0.365 e. The Morgan fingerprint density at radius 1 is 0.933 bits per heavy atom. The Morgan fingerprint density at radius 3 is 2.27 bits per heavy atom. The van der Waals surface area contributed by atoms with E-state index in [0.29, 0.717) is 23.3 Å². The number of hydrogen-bond acceptors (Lipinski definition) is 7. The topological polar surface area (TPSA) is 115 Å². The second kappa shape index (κ2) is 7.88. The van der Waals surface area contributed by atoms with Crippen molar-refractivity contribution >= 4 is 32.2 Å². The smallest absolute Gasteiger partial charge is 0.289 e. The van der Waals surface area contributed by atoms with Crippen LogP contribution in [0.2, 0.25) is 0 Å². The first-order valence-corrected chi connectivity index (χ1v) is 10.5. The second-order valence-corrected chi connectivity index (χ2v) is 8.39. The van der Waals surface area contributed by atoms with E-state index < -0.39 is 25.3 Å². The minimum atomic E-state index is -4.10. The van der Waals surface area contributed by atoms with Crippen molar-refractivity contribution in [2.24, 2.45) is 0 Å². The molecule has 4 rings (SSSR count). The lowest BCUT2D eigenvalue weighted by Crippen LogP contribution is -2.07. The predicted octanol–water partition coefficient (Wildman–Crippen LogP) is 3.98. The quantitative estimate of drug-likeness (QED) is 0.370. The van der Waals surface area contributed by atoms with Crippen LogP contribution in [0.3, 0.4) is 0 Å². The van der Waals surface area contributed by atoms with Gasteiger partial charge < -0.3 is 5.32 Å². The maximum Gasteiger partial charge on any atom is 0.289 e. The van der Waals surface area contributed by atoms with E-state index in [4.69, 9.17) is 0 Å². The molecule has 0 saturated heterocycles. The molecule has 0 aliphatic rings. The number of rotatable bonds is 6. The van der Waals surface area contributed by atoms with Gasteiger partial charge in [-0.05, 0) is 23.8 Å². The van der Waals surface area contributed by atoms with Crippen molar-refractivity contribution in [3.8, 4) is 0 Å². The summed E-state index contributed by atoms with van der Waals surface area (Å²) in [4.78, 5) is 18.9. The molecule has 1 heterocycles. The fourth-order valence-electron chi connectivity index (χ4n) is 3.08. The van der Waals surface area contributed by atoms with Crippen LogP contribution in [0.4, 0.5) is 11.5 Å². The summed E-state index contributed by atoms with van der Waals surface area (Å²) in [6, 6.07) is 19.6. The summed E-state index contributed by atoms with van der Waals surface area (Å²) in [6.07, 6.45) is 1.29. The maximum absolute atomic E-state index is 13.0. The van der Waals surface area contributed by atoms with E-state index in [9.17, 15) is 18.5 Å². The molecule has 8 nitrogen and oxygen atoms in total. The molecule has 9 heteroatoms. The van der Waals surface area contributed by atoms with Crippen molar-refractivity contribution in [1.82, 2.24) is 9.97 Å². The summed E-state index contributed by atoms with van der Waals surface area (Å²) in [5.74, 6) is 0.385. The molecule has 0 fully saturated rings. The average molecular weight is 420 g/mol. The highest BCUT2D eigenvalue weighted by Crippen LogP contribution is 2.34. The molecule has 30 heavy (non-hydrogen) atoms. The van der Waals surface area contributed by atoms with Gasteiger partial charge in [-0.2, -0.15) is 0 Å². The predicted molar refractivity (Wildman–Crippen MR) is 112 cm³/mol. The van der Waals surface area contributed by atoms with Crippen molar-refractivity contribution < 1.29 is 13.3 Å². The molecule has 0 aliphatic carbocycles. The molecular weight excluding hydrogens is 404 g/mol. The SMILES string of the molecule is O=[N+]([O-])c1cc2c(NCc3ccccc3)ncnc2cc1S(=O)(=O)c1ccccc1. The molecular formula is C21H16N4O4S. The zero-order valence-corrected chi connectivity index (χ0v) is 16.4. The van der Waals surface area contributed by atoms with E-state index in [1.807, 2.05) is 30.3 Å². The van der Waals surface area contributed by atoms with Crippen molar-refractivity contribution in [2.45, 2.75) is 16.3 Å². The van der Waals surface area contributed by atoms with Crippen LogP contribution in [0, 0.1) is 10.1 Å². The Labute approximate surface area is 172 Å². The van der Waals surface area contributed by atoms with Crippen molar-refractivity contribution in [3.63, 3.8) is 0 Å². The number of benzene rings is 3. The molecule has 0 aliphatic heterocycles. The molecule has 0 saturated carbocycles. The van der Waals surface area contributed by atoms with E-state index >= 15 is 0 Å². The number of nitro benzene ring substituents is 1. The van der Waals surface area contributed by atoms with Gasteiger partial charge in [-0.1, -0.05) is 48.5 Å². The number of anilines is 1. The molecule has 3 aromatic carbocycles. The fourth-order valence-corrected chi connectivity index (χ4v) is 4.52. The molecule has 4 aromatic rings. The van der Waals surface area contributed by atoms with Gasteiger partial charge in [0.15, 0.2) is 4.90 Å². The van der Waals surface area contributed by atoms with Gasteiger partial charge in [0.05, 0.1) is 15.3 Å². The van der Waals surface area contributed by atoms with E-state index in [1.165, 1.54) is 30.6 Å². The standard InChI is InChI=1S/C21H16N4O4S/c26-25(27)19-11-17-18(12-20(19)30(28,29)16-9-5-2-6-10-16)23-14-24-21(17)22-13-15-7-3-1-4-8-15/h1-12,14H,13H2,(H,22,23,24). The fraction of sp³-hybridized carbons (Fsp3) is 0.0476. The molecule has 0 atom stereocenters. The maximum atomic E-state index is 13.0. The number of nitro groups is 1. The van der Waals surface area contributed by atoms with Crippen LogP contribution in [0.25, 0.3) is 10.9 Å². The lowest BCUT2D eigenvalue weighted by Gasteiger charge is -2.11. The van der Waals surface area contributed by atoms with E-state index in [-0.39, 0.29) is 4.90 Å². The highest BCUT2D eigenvalue weighted by molar-refractivity contribution is 7.91. The van der Waals surface area contributed by atoms with Crippen molar-refractivity contribution in [1.29, 1.82) is 0 Å². The lowest BCUT2D eigenvalue weighted by atomic mass is 10.2. The third kappa shape index (κ3) is 3.70. The Bertz CT molecular complexity index is 1330. The van der Waals surface area contributed by atoms with Crippen LogP contribution < -0.4 is 5.32 Å². The Balaban J connectivity index is 1.82. The van der Waals surface area contributed by atoms with Crippen LogP contribution in [-0.4, -0.2) is 23.3 Å². The molecule has 0 spiro atoms. The third-order valence-electron chi connectivity index (χ3n) is 4.56. The molecule has 150 valence electrons. The third-order valence-corrected chi connectivity index (χ3v) is 6.36. The first-order valence-electron chi connectivity index (χ1n) is 8.98. The summed E-state index contributed by atoms with van der Waals surface area (Å²) in [6.45, 7) is 0.449. The largest absolute Gasteiger partial charge is 0.365 e. The number of fused-ring (bicyclic) bond motifs is 1. The molecule has 0 amide bonds. The first kappa shape index (κ1) is 19.5. The normalized spacial score (nSPS) is 11.3. The Hall–Kier alpha value is -3.85. The van der Waals surface area contributed by atoms with E-state index in [0.717, 1.165) is 5.56 Å². The van der Waals surface area contributed by atoms with Crippen molar-refractivity contribution in [3.05, 3.63) is 94.8 Å². The van der Waals surface area contributed by atoms with Gasteiger partial charge in [0.1, 0.15) is 12.1 Å². The Morgan fingerprint density at radius 2 is 1.60 bits per heavy atom. The van der Waals surface area contributed by atoms with Gasteiger partial charge >= 0.3 is 0 Å². The van der Waals surface area contributed by atoms with E-state index in [2.05, 4.69) is 15.3 Å². The van der Waals surface area contributed by atoms with Gasteiger partial charge in [0.25, 0.3) is 5.69 Å². The summed E-state index contributed by atoms with van der Waals surface area (Å²) >= 11 is 0. The minimum absolute atomic E-state index is 0.0241. The Kier molecular flexibility index (Phi) is 5.11. The van der Waals surface area contributed by atoms with Crippen LogP contribution in [0.15, 0.2) is 88.9 Å². The second-order valence-electron chi connectivity index (χ2n) is 6.47. The molecule has 1 aromatic heterocycles. The summed E-state index contributed by atoms with van der Waals surface area (Å²) in [5.41, 5.74) is 0.770. The van der Waals surface area contributed by atoms with Gasteiger partial charge in [0, 0.05) is 18.0 Å². The number of hydrogen-bond donors (Lipinski definition) is 1. The van der Waals surface area contributed by atoms with Crippen LogP contribution in [0.1, 0.15) is 5.56 Å². The summed E-state index contributed by atoms with van der Waals surface area (Å²) in [5, 5.41) is 15.2. The molecule has 0 bridgehead atoms. The highest BCUT2D eigenvalue weighted by atomic mass is 32.2. The monoisotopic (exact) mass is 420 g/mol. The first-order chi connectivity index (χ1) is 14.5. The van der Waals surface area contributed by atoms with Gasteiger partial charge in [-0.3, -0.25) is 10.1 Å². The number of nitrogens with zero attached hydrogens (tertiary/aromatic N) is 3. The van der Waals surface area contributed by atoms with Gasteiger partial charge in [-0.15, -0.1) is 0 Å². The summed E-state index contributed by atoms with van der Waals surface area (Å²) in [7, 11) is -4.10. The average Bonchev–Trinajstić information content (AvgIpc) is 2.78. The van der Waals surface area contributed by atoms with E-state index in [1.54, 1.807) is 18.2 Å². The number of sulfone groups is 1. The number of nitrogens with one attached hydrogen (secondary N) is 1. The molecule has 1 N–H and O–H groups in total. The summed E-state index contributed by atoms with van der Waals surface area (Å²) < 4.78 is 26.1. The zero-order chi connectivity index (χ0) is 21.1.